The van der Waals surface area contributed by atoms with Crippen LogP contribution in [0.1, 0.15) is 45.1 Å². The van der Waals surface area contributed by atoms with Crippen LogP contribution in [0.25, 0.3) is 0 Å². The average Bonchev–Trinajstić information content (AvgIpc) is 2.44. The number of benzene rings is 1. The van der Waals surface area contributed by atoms with Crippen LogP contribution in [0.4, 0.5) is 0 Å². The highest BCUT2D eigenvalue weighted by atomic mass is 35.5. The molecule has 0 radical (unpaired) electrons. The van der Waals surface area contributed by atoms with Crippen molar-refractivity contribution in [3.05, 3.63) is 34.9 Å². The molecule has 0 aliphatic heterocycles. The molecular weight excluding hydrogens is 288 g/mol. The number of rotatable bonds is 11. The molecule has 0 bridgehead atoms. The molecule has 0 aliphatic rings. The molecule has 114 valence electrons. The molecule has 0 aliphatic carbocycles. The molecule has 0 spiro atoms. The number of hydrogen-bond acceptors (Lipinski definition) is 2. The van der Waals surface area contributed by atoms with Gasteiger partial charge >= 0.3 is 9.28 Å². The van der Waals surface area contributed by atoms with E-state index < -0.39 is 9.28 Å². The van der Waals surface area contributed by atoms with Crippen molar-refractivity contribution >= 4 is 20.9 Å². The summed E-state index contributed by atoms with van der Waals surface area (Å²) in [6.07, 6.45) is 5.58. The van der Waals surface area contributed by atoms with Crippen LogP contribution in [0.3, 0.4) is 0 Å². The number of unbranched alkanes of at least 4 members (excludes halogenated alkanes) is 2. The van der Waals surface area contributed by atoms with Crippen LogP contribution in [-0.2, 0) is 15.3 Å². The van der Waals surface area contributed by atoms with Gasteiger partial charge in [0.2, 0.25) is 0 Å². The molecule has 1 rings (SSSR count). The lowest BCUT2D eigenvalue weighted by Crippen LogP contribution is -2.24. The second-order valence-corrected chi connectivity index (χ2v) is 7.59. The second-order valence-electron chi connectivity index (χ2n) is 5.05. The zero-order chi connectivity index (χ0) is 14.6. The van der Waals surface area contributed by atoms with E-state index in [2.05, 4.69) is 19.9 Å². The summed E-state index contributed by atoms with van der Waals surface area (Å²) in [5.41, 5.74) is 1.27. The van der Waals surface area contributed by atoms with Crippen LogP contribution >= 0.6 is 11.6 Å². The molecule has 20 heavy (non-hydrogen) atoms. The van der Waals surface area contributed by atoms with Gasteiger partial charge in [0.1, 0.15) is 0 Å². The average molecular weight is 315 g/mol. The molecule has 0 heterocycles. The molecule has 0 amide bonds. The van der Waals surface area contributed by atoms with Crippen LogP contribution in [0.5, 0.6) is 0 Å². The summed E-state index contributed by atoms with van der Waals surface area (Å²) < 4.78 is 11.9. The normalized spacial score (nSPS) is 11.2. The lowest BCUT2D eigenvalue weighted by atomic mass is 10.2. The molecular formula is C16H27ClO2Si. The maximum atomic E-state index is 6.01. The lowest BCUT2D eigenvalue weighted by Gasteiger charge is -2.16. The predicted molar refractivity (Wildman–Crippen MR) is 88.8 cm³/mol. The molecule has 1 aromatic rings. The number of halogens is 1. The molecule has 0 N–H and O–H groups in total. The molecule has 0 fully saturated rings. The lowest BCUT2D eigenvalue weighted by molar-refractivity contribution is 0.191. The van der Waals surface area contributed by atoms with Gasteiger partial charge in [-0.1, -0.05) is 50.4 Å². The topological polar surface area (TPSA) is 18.5 Å². The molecule has 0 atom stereocenters. The van der Waals surface area contributed by atoms with Gasteiger partial charge in [0.15, 0.2) is 0 Å². The Labute approximate surface area is 130 Å². The van der Waals surface area contributed by atoms with E-state index in [4.69, 9.17) is 20.5 Å². The van der Waals surface area contributed by atoms with E-state index in [9.17, 15) is 0 Å². The summed E-state index contributed by atoms with van der Waals surface area (Å²) in [6, 6.07) is 9.09. The van der Waals surface area contributed by atoms with E-state index in [1.165, 1.54) is 18.4 Å². The first kappa shape index (κ1) is 17.7. The predicted octanol–water partition coefficient (Wildman–Crippen LogP) is 4.74. The van der Waals surface area contributed by atoms with Gasteiger partial charge in [-0.3, -0.25) is 0 Å². The van der Waals surface area contributed by atoms with Crippen molar-refractivity contribution in [3.8, 4) is 0 Å². The van der Waals surface area contributed by atoms with Crippen LogP contribution < -0.4 is 0 Å². The Morgan fingerprint density at radius 2 is 1.70 bits per heavy atom. The quantitative estimate of drug-likeness (QED) is 0.434. The summed E-state index contributed by atoms with van der Waals surface area (Å²) in [6.45, 7) is 6.05. The fourth-order valence-electron chi connectivity index (χ4n) is 1.91. The largest absolute Gasteiger partial charge is 0.397 e. The van der Waals surface area contributed by atoms with Crippen molar-refractivity contribution in [2.45, 2.75) is 52.0 Å². The zero-order valence-corrected chi connectivity index (χ0v) is 14.6. The summed E-state index contributed by atoms with van der Waals surface area (Å²) in [4.78, 5) is 0. The van der Waals surface area contributed by atoms with Gasteiger partial charge in [-0.05, 0) is 43.0 Å². The van der Waals surface area contributed by atoms with Crippen molar-refractivity contribution in [2.75, 3.05) is 13.2 Å². The Morgan fingerprint density at radius 1 is 1.05 bits per heavy atom. The maximum absolute atomic E-state index is 6.01. The molecule has 0 saturated carbocycles. The van der Waals surface area contributed by atoms with E-state index in [0.29, 0.717) is 0 Å². The number of hydrogen-bond donors (Lipinski definition) is 0. The van der Waals surface area contributed by atoms with E-state index >= 15 is 0 Å². The first-order valence-electron chi connectivity index (χ1n) is 7.74. The monoisotopic (exact) mass is 314 g/mol. The molecule has 0 aromatic heterocycles. The highest BCUT2D eigenvalue weighted by Gasteiger charge is 2.13. The van der Waals surface area contributed by atoms with Gasteiger partial charge in [0, 0.05) is 18.2 Å². The van der Waals surface area contributed by atoms with Gasteiger partial charge in [-0.2, -0.15) is 0 Å². The highest BCUT2D eigenvalue weighted by molar-refractivity contribution is 6.44. The van der Waals surface area contributed by atoms with E-state index in [-0.39, 0.29) is 0 Å². The third-order valence-electron chi connectivity index (χ3n) is 3.16. The molecule has 0 saturated heterocycles. The Morgan fingerprint density at radius 3 is 2.25 bits per heavy atom. The number of aryl methyl sites for hydroxylation is 1. The van der Waals surface area contributed by atoms with E-state index in [1.807, 2.05) is 18.2 Å². The van der Waals surface area contributed by atoms with E-state index in [1.54, 1.807) is 0 Å². The summed E-state index contributed by atoms with van der Waals surface area (Å²) in [5, 5.41) is 0.805. The smallest absolute Gasteiger partial charge is 0.321 e. The third-order valence-corrected chi connectivity index (χ3v) is 5.37. The van der Waals surface area contributed by atoms with Crippen LogP contribution in [-0.4, -0.2) is 22.5 Å². The molecule has 4 heteroatoms. The van der Waals surface area contributed by atoms with Gasteiger partial charge in [-0.25, -0.2) is 0 Å². The van der Waals surface area contributed by atoms with Crippen LogP contribution in [0, 0.1) is 0 Å². The highest BCUT2D eigenvalue weighted by Crippen LogP contribution is 2.14. The summed E-state index contributed by atoms with van der Waals surface area (Å²) >= 11 is 6.01. The minimum absolute atomic E-state index is 0.805. The van der Waals surface area contributed by atoms with Gasteiger partial charge in [0.25, 0.3) is 0 Å². The first-order chi connectivity index (χ1) is 9.76. The summed E-state index contributed by atoms with van der Waals surface area (Å²) in [7, 11) is -1.53. The minimum Gasteiger partial charge on any atom is -0.397 e. The van der Waals surface area contributed by atoms with Crippen LogP contribution in [0.15, 0.2) is 24.3 Å². The summed E-state index contributed by atoms with van der Waals surface area (Å²) in [5.74, 6) is 0. The second kappa shape index (κ2) is 11.3. The van der Waals surface area contributed by atoms with E-state index in [0.717, 1.165) is 43.5 Å². The van der Waals surface area contributed by atoms with Crippen molar-refractivity contribution in [1.29, 1.82) is 0 Å². The Bertz CT molecular complexity index is 350. The van der Waals surface area contributed by atoms with Gasteiger partial charge in [0.05, 0.1) is 0 Å². The molecule has 2 nitrogen and oxygen atoms in total. The van der Waals surface area contributed by atoms with Crippen molar-refractivity contribution < 1.29 is 8.85 Å². The zero-order valence-electron chi connectivity index (χ0n) is 12.7. The Balaban J connectivity index is 2.37. The Kier molecular flexibility index (Phi) is 10.0. The fourth-order valence-corrected chi connectivity index (χ4v) is 3.98. The standard InChI is InChI=1S/C16H27ClO2Si/c1-3-5-11-18-20(19-12-6-4-2)13-10-15-8-7-9-16(17)14-15/h7-9,14,20H,3-6,10-13H2,1-2H3. The van der Waals surface area contributed by atoms with Crippen molar-refractivity contribution in [3.63, 3.8) is 0 Å². The van der Waals surface area contributed by atoms with Crippen molar-refractivity contribution in [2.24, 2.45) is 0 Å². The minimum atomic E-state index is -1.53. The van der Waals surface area contributed by atoms with Gasteiger partial charge in [-0.15, -0.1) is 0 Å². The maximum Gasteiger partial charge on any atom is 0.321 e. The van der Waals surface area contributed by atoms with Crippen molar-refractivity contribution in [1.82, 2.24) is 0 Å². The molecule has 0 unspecified atom stereocenters. The fraction of sp³-hybridized carbons (Fsp3) is 0.625. The third kappa shape index (κ3) is 8.05. The Hall–Kier alpha value is -0.353. The first-order valence-corrected chi connectivity index (χ1v) is 9.87. The van der Waals surface area contributed by atoms with Gasteiger partial charge < -0.3 is 8.85 Å². The van der Waals surface area contributed by atoms with Crippen LogP contribution in [0.2, 0.25) is 11.1 Å². The SMILES string of the molecule is CCCCO[SiH](CCc1cccc(Cl)c1)OCCCC. The molecule has 1 aromatic carbocycles.